The minimum Gasteiger partial charge on any atom is -0.489 e. The van der Waals surface area contributed by atoms with Crippen molar-refractivity contribution in [1.29, 1.82) is 0 Å². The van der Waals surface area contributed by atoms with Crippen LogP contribution in [0.4, 0.5) is 0 Å². The molecule has 2 heterocycles. The van der Waals surface area contributed by atoms with E-state index in [-0.39, 0.29) is 5.91 Å². The predicted molar refractivity (Wildman–Crippen MR) is 164 cm³/mol. The molecular weight excluding hydrogens is 521 g/mol. The Bertz CT molecular complexity index is 1670. The lowest BCUT2D eigenvalue weighted by atomic mass is 10.0. The SMILES string of the molecule is O=C1NC(=S)SC1=Cc1cc2cc(OCc3ccccc3)ccc2n1Cc1ccc(Cc2ccccc2)cc1. The summed E-state index contributed by atoms with van der Waals surface area (Å²) in [5.74, 6) is 0.654. The van der Waals surface area contributed by atoms with Gasteiger partial charge in [0.1, 0.15) is 16.7 Å². The number of hydrogen-bond acceptors (Lipinski definition) is 4. The van der Waals surface area contributed by atoms with E-state index in [2.05, 4.69) is 88.7 Å². The van der Waals surface area contributed by atoms with Crippen LogP contribution in [0.2, 0.25) is 0 Å². The summed E-state index contributed by atoms with van der Waals surface area (Å²) in [6.07, 6.45) is 2.83. The molecule has 1 amide bonds. The number of ether oxygens (including phenoxy) is 1. The van der Waals surface area contributed by atoms with Gasteiger partial charge in [-0.2, -0.15) is 0 Å². The maximum Gasteiger partial charge on any atom is 0.263 e. The molecule has 39 heavy (non-hydrogen) atoms. The van der Waals surface area contributed by atoms with Gasteiger partial charge in [0.15, 0.2) is 0 Å². The summed E-state index contributed by atoms with van der Waals surface area (Å²) in [5, 5.41) is 3.77. The van der Waals surface area contributed by atoms with Crippen molar-refractivity contribution in [3.8, 4) is 5.75 Å². The van der Waals surface area contributed by atoms with Gasteiger partial charge in [-0.1, -0.05) is 109 Å². The number of rotatable bonds is 8. The average Bonchev–Trinajstić information content (AvgIpc) is 3.46. The first kappa shape index (κ1) is 25.2. The fourth-order valence-electron chi connectivity index (χ4n) is 4.73. The predicted octanol–water partition coefficient (Wildman–Crippen LogP) is 7.35. The van der Waals surface area contributed by atoms with E-state index in [1.54, 1.807) is 0 Å². The molecule has 0 radical (unpaired) electrons. The number of nitrogens with one attached hydrogen (secondary N) is 1. The van der Waals surface area contributed by atoms with Crippen LogP contribution in [0.3, 0.4) is 0 Å². The van der Waals surface area contributed by atoms with Gasteiger partial charge in [-0.05, 0) is 59.0 Å². The Morgan fingerprint density at radius 3 is 2.15 bits per heavy atom. The molecule has 0 atom stereocenters. The van der Waals surface area contributed by atoms with Crippen LogP contribution in [0.15, 0.2) is 114 Å². The molecule has 4 aromatic carbocycles. The maximum atomic E-state index is 12.4. The molecule has 0 spiro atoms. The Labute approximate surface area is 237 Å². The summed E-state index contributed by atoms with van der Waals surface area (Å²) in [5.41, 5.74) is 6.90. The molecule has 0 unspecified atom stereocenters. The number of carbonyl (C=O) groups excluding carboxylic acids is 1. The number of amides is 1. The third-order valence-corrected chi connectivity index (χ3v) is 7.85. The van der Waals surface area contributed by atoms with Crippen LogP contribution in [-0.4, -0.2) is 14.8 Å². The van der Waals surface area contributed by atoms with Gasteiger partial charge in [0, 0.05) is 23.1 Å². The summed E-state index contributed by atoms with van der Waals surface area (Å²) >= 11 is 6.50. The highest BCUT2D eigenvalue weighted by Gasteiger charge is 2.23. The summed E-state index contributed by atoms with van der Waals surface area (Å²) in [4.78, 5) is 13.0. The molecule has 4 nitrogen and oxygen atoms in total. The minimum atomic E-state index is -0.154. The normalized spacial score (nSPS) is 14.2. The highest BCUT2D eigenvalue weighted by atomic mass is 32.2. The first-order chi connectivity index (χ1) is 19.1. The molecule has 6 rings (SSSR count). The zero-order chi connectivity index (χ0) is 26.6. The largest absolute Gasteiger partial charge is 0.489 e. The van der Waals surface area contributed by atoms with Crippen molar-refractivity contribution >= 4 is 51.2 Å². The van der Waals surface area contributed by atoms with E-state index in [4.69, 9.17) is 17.0 Å². The first-order valence-corrected chi connectivity index (χ1v) is 14.0. The highest BCUT2D eigenvalue weighted by molar-refractivity contribution is 8.26. The van der Waals surface area contributed by atoms with E-state index in [1.165, 1.54) is 28.5 Å². The summed E-state index contributed by atoms with van der Waals surface area (Å²) < 4.78 is 8.81. The van der Waals surface area contributed by atoms with E-state index in [1.807, 2.05) is 36.4 Å². The van der Waals surface area contributed by atoms with Crippen molar-refractivity contribution in [3.63, 3.8) is 0 Å². The van der Waals surface area contributed by atoms with Gasteiger partial charge in [0.05, 0.1) is 4.91 Å². The minimum absolute atomic E-state index is 0.154. The lowest BCUT2D eigenvalue weighted by molar-refractivity contribution is -0.115. The van der Waals surface area contributed by atoms with Crippen LogP contribution >= 0.6 is 24.0 Å². The lowest BCUT2D eigenvalue weighted by Crippen LogP contribution is -2.17. The molecule has 1 aromatic heterocycles. The molecule has 6 heteroatoms. The number of thiocarbonyl (C=S) groups is 1. The quantitative estimate of drug-likeness (QED) is 0.163. The summed E-state index contributed by atoms with van der Waals surface area (Å²) in [7, 11) is 0. The highest BCUT2D eigenvalue weighted by Crippen LogP contribution is 2.31. The monoisotopic (exact) mass is 546 g/mol. The third-order valence-electron chi connectivity index (χ3n) is 6.69. The first-order valence-electron chi connectivity index (χ1n) is 12.8. The number of fused-ring (bicyclic) bond motifs is 1. The molecule has 1 aliphatic heterocycles. The van der Waals surface area contributed by atoms with Crippen LogP contribution in [0, 0.1) is 0 Å². The van der Waals surface area contributed by atoms with Gasteiger partial charge in [0.2, 0.25) is 0 Å². The van der Waals surface area contributed by atoms with Gasteiger partial charge >= 0.3 is 0 Å². The Morgan fingerprint density at radius 1 is 0.795 bits per heavy atom. The summed E-state index contributed by atoms with van der Waals surface area (Å²) in [6, 6.07) is 37.7. The maximum absolute atomic E-state index is 12.4. The van der Waals surface area contributed by atoms with Crippen molar-refractivity contribution in [2.45, 2.75) is 19.6 Å². The van der Waals surface area contributed by atoms with E-state index >= 15 is 0 Å². The van der Waals surface area contributed by atoms with Crippen molar-refractivity contribution < 1.29 is 9.53 Å². The Kier molecular flexibility index (Phi) is 7.30. The Morgan fingerprint density at radius 2 is 1.46 bits per heavy atom. The van der Waals surface area contributed by atoms with E-state index in [0.717, 1.165) is 34.3 Å². The molecule has 1 aliphatic rings. The van der Waals surface area contributed by atoms with Gasteiger partial charge in [-0.15, -0.1) is 0 Å². The molecule has 1 saturated heterocycles. The molecule has 5 aromatic rings. The average molecular weight is 547 g/mol. The second-order valence-corrected chi connectivity index (χ2v) is 11.2. The molecule has 192 valence electrons. The fraction of sp³-hybridized carbons (Fsp3) is 0.0909. The molecular formula is C33H26N2O2S2. The van der Waals surface area contributed by atoms with Gasteiger partial charge in [-0.25, -0.2) is 0 Å². The summed E-state index contributed by atoms with van der Waals surface area (Å²) in [6.45, 7) is 1.18. The lowest BCUT2D eigenvalue weighted by Gasteiger charge is -2.11. The number of nitrogens with zero attached hydrogens (tertiary/aromatic N) is 1. The van der Waals surface area contributed by atoms with Gasteiger partial charge in [-0.3, -0.25) is 4.79 Å². The third kappa shape index (κ3) is 5.98. The van der Waals surface area contributed by atoms with Crippen LogP contribution in [0.1, 0.15) is 27.9 Å². The second-order valence-electron chi connectivity index (χ2n) is 9.48. The van der Waals surface area contributed by atoms with Crippen molar-refractivity contribution in [2.24, 2.45) is 0 Å². The zero-order valence-electron chi connectivity index (χ0n) is 21.2. The second kappa shape index (κ2) is 11.3. The molecule has 1 N–H and O–H groups in total. The van der Waals surface area contributed by atoms with E-state index in [9.17, 15) is 4.79 Å². The Balaban J connectivity index is 1.30. The van der Waals surface area contributed by atoms with Crippen molar-refractivity contribution in [3.05, 3.63) is 142 Å². The molecule has 1 fully saturated rings. The Hall–Kier alpha value is -4.13. The van der Waals surface area contributed by atoms with E-state index in [0.29, 0.717) is 22.4 Å². The van der Waals surface area contributed by atoms with E-state index < -0.39 is 0 Å². The smallest absolute Gasteiger partial charge is 0.263 e. The topological polar surface area (TPSA) is 43.3 Å². The fourth-order valence-corrected chi connectivity index (χ4v) is 5.76. The molecule has 0 aliphatic carbocycles. The van der Waals surface area contributed by atoms with Gasteiger partial charge < -0.3 is 14.6 Å². The van der Waals surface area contributed by atoms with Crippen LogP contribution < -0.4 is 10.1 Å². The van der Waals surface area contributed by atoms with Crippen molar-refractivity contribution in [2.75, 3.05) is 0 Å². The molecule has 0 bridgehead atoms. The number of thioether (sulfide) groups is 1. The number of hydrogen-bond donors (Lipinski definition) is 1. The van der Waals surface area contributed by atoms with Crippen LogP contribution in [0.25, 0.3) is 17.0 Å². The van der Waals surface area contributed by atoms with Crippen LogP contribution in [0.5, 0.6) is 5.75 Å². The van der Waals surface area contributed by atoms with Crippen molar-refractivity contribution in [1.82, 2.24) is 9.88 Å². The van der Waals surface area contributed by atoms with Gasteiger partial charge in [0.25, 0.3) is 5.91 Å². The number of carbonyl (C=O) groups is 1. The number of aromatic nitrogens is 1. The number of benzene rings is 4. The van der Waals surface area contributed by atoms with Crippen LogP contribution in [-0.2, 0) is 24.4 Å². The zero-order valence-corrected chi connectivity index (χ0v) is 22.8. The standard InChI is InChI=1S/C33H26N2O2S2/c36-32-31(39-33(38)34-32)20-28-18-27-19-29(37-22-26-9-5-2-6-10-26)15-16-30(27)35(28)21-25-13-11-24(12-14-25)17-23-7-3-1-4-8-23/h1-16,18-20H,17,21-22H2,(H,34,36,38). The molecule has 0 saturated carbocycles.